The maximum Gasteiger partial charge on any atom is 0.255 e. The number of nitrogens with zero attached hydrogens (tertiary/aromatic N) is 1. The molecule has 1 saturated carbocycles. The Morgan fingerprint density at radius 2 is 1.89 bits per heavy atom. The number of phenols is 1. The fourth-order valence-corrected chi connectivity index (χ4v) is 6.17. The average molecular weight is 479 g/mol. The molecule has 4 atom stereocenters. The second-order valence-corrected chi connectivity index (χ2v) is 9.74. The van der Waals surface area contributed by atoms with Gasteiger partial charge in [0, 0.05) is 11.5 Å². The number of aliphatic hydroxyl groups is 3. The average Bonchev–Trinajstić information content (AvgIpc) is 3.30. The number of hydrogen-bond acceptors (Lipinski definition) is 8. The van der Waals surface area contributed by atoms with Crippen LogP contribution >= 0.6 is 0 Å². The number of benzene rings is 1. The quantitative estimate of drug-likeness (QED) is 0.406. The number of carbonyl (C=O) groups excluding carboxylic acids is 3. The molecule has 5 rings (SSSR count). The molecule has 0 unspecified atom stereocenters. The van der Waals surface area contributed by atoms with E-state index in [2.05, 4.69) is 0 Å². The molecule has 9 heteroatoms. The second-order valence-electron chi connectivity index (χ2n) is 9.74. The highest BCUT2D eigenvalue weighted by Crippen LogP contribution is 2.53. The molecular weight excluding hydrogens is 452 g/mol. The Bertz CT molecular complexity index is 1330. The third kappa shape index (κ3) is 2.98. The summed E-state index contributed by atoms with van der Waals surface area (Å²) in [6.07, 6.45) is 7.05. The molecule has 1 aromatic carbocycles. The van der Waals surface area contributed by atoms with Gasteiger partial charge in [0.15, 0.2) is 11.4 Å². The van der Waals surface area contributed by atoms with Crippen LogP contribution in [0.3, 0.4) is 0 Å². The normalized spacial score (nSPS) is 29.8. The summed E-state index contributed by atoms with van der Waals surface area (Å²) in [4.78, 5) is 40.4. The van der Waals surface area contributed by atoms with Crippen LogP contribution < -0.4 is 5.73 Å². The van der Waals surface area contributed by atoms with E-state index in [4.69, 9.17) is 5.73 Å². The highest BCUT2D eigenvalue weighted by atomic mass is 16.3. The number of carbonyl (C=O) groups is 3. The zero-order valence-electron chi connectivity index (χ0n) is 19.3. The molecule has 1 aromatic rings. The van der Waals surface area contributed by atoms with Gasteiger partial charge in [0.1, 0.15) is 22.8 Å². The number of likely N-dealkylation sites (N-methyl/N-ethyl adjacent to an activating group) is 1. The lowest BCUT2D eigenvalue weighted by Gasteiger charge is -2.50. The van der Waals surface area contributed by atoms with Crippen LogP contribution in [0.5, 0.6) is 5.75 Å². The number of hydrogen-bond donors (Lipinski definition) is 5. The predicted octanol–water partition coefficient (Wildman–Crippen LogP) is 1.31. The molecule has 1 amide bonds. The minimum Gasteiger partial charge on any atom is -0.508 e. The van der Waals surface area contributed by atoms with Crippen molar-refractivity contribution in [2.24, 2.45) is 17.6 Å². The molecule has 6 N–H and O–H groups in total. The third-order valence-electron chi connectivity index (χ3n) is 7.69. The number of allylic oxidation sites excluding steroid dienone is 4. The van der Waals surface area contributed by atoms with Crippen LogP contribution in [0.1, 0.15) is 29.5 Å². The molecule has 9 nitrogen and oxygen atoms in total. The van der Waals surface area contributed by atoms with Crippen molar-refractivity contribution < 1.29 is 34.8 Å². The lowest BCUT2D eigenvalue weighted by Crippen LogP contribution is -2.65. The van der Waals surface area contributed by atoms with Crippen molar-refractivity contribution in [2.45, 2.75) is 30.9 Å². The molecule has 0 aliphatic heterocycles. The first kappa shape index (κ1) is 23.1. The molecule has 0 heterocycles. The summed E-state index contributed by atoms with van der Waals surface area (Å²) in [7, 11) is 3.14. The Hall–Kier alpha value is -3.69. The van der Waals surface area contributed by atoms with Crippen molar-refractivity contribution in [3.8, 4) is 5.75 Å². The van der Waals surface area contributed by atoms with Gasteiger partial charge in [0.05, 0.1) is 11.6 Å². The first-order valence-corrected chi connectivity index (χ1v) is 11.4. The number of aromatic hydroxyl groups is 1. The van der Waals surface area contributed by atoms with Gasteiger partial charge in [-0.3, -0.25) is 19.3 Å². The van der Waals surface area contributed by atoms with Gasteiger partial charge in [0.25, 0.3) is 5.91 Å². The smallest absolute Gasteiger partial charge is 0.255 e. The zero-order chi connectivity index (χ0) is 25.4. The van der Waals surface area contributed by atoms with Gasteiger partial charge in [-0.15, -0.1) is 0 Å². The van der Waals surface area contributed by atoms with Crippen molar-refractivity contribution in [1.82, 2.24) is 4.90 Å². The predicted molar refractivity (Wildman–Crippen MR) is 126 cm³/mol. The van der Waals surface area contributed by atoms with Gasteiger partial charge < -0.3 is 26.2 Å². The topological polar surface area (TPSA) is 161 Å². The first-order chi connectivity index (χ1) is 16.5. The van der Waals surface area contributed by atoms with Crippen LogP contribution in [-0.2, 0) is 20.8 Å². The highest BCUT2D eigenvalue weighted by molar-refractivity contribution is 6.24. The van der Waals surface area contributed by atoms with Crippen molar-refractivity contribution in [3.63, 3.8) is 0 Å². The summed E-state index contributed by atoms with van der Waals surface area (Å²) in [5, 5.41) is 44.3. The number of Topliss-reactive ketones (excluding diaryl/α,β-unsaturated/α-hetero) is 2. The molecular formula is C26H26N2O7. The number of primary amides is 1. The molecule has 182 valence electrons. The summed E-state index contributed by atoms with van der Waals surface area (Å²) in [6.45, 7) is 0. The fraction of sp³-hybridized carbons (Fsp3) is 0.346. The SMILES string of the molecule is CN(C)[C@@H]1C(=O)C(C(N)=O)=C(O)[C@@]2(O)C(=O)C3=C(O)c4c(O)ccc(C5=CCC=C5)c4C[C@H]3C[C@@H]12. The van der Waals surface area contributed by atoms with Crippen molar-refractivity contribution in [1.29, 1.82) is 0 Å². The number of amides is 1. The molecule has 0 bridgehead atoms. The number of fused-ring (bicyclic) bond motifs is 3. The summed E-state index contributed by atoms with van der Waals surface area (Å²) >= 11 is 0. The van der Waals surface area contributed by atoms with E-state index in [9.17, 15) is 34.8 Å². The lowest BCUT2D eigenvalue weighted by molar-refractivity contribution is -0.153. The Morgan fingerprint density at radius 3 is 2.49 bits per heavy atom. The van der Waals surface area contributed by atoms with E-state index in [0.717, 1.165) is 17.6 Å². The number of ketones is 2. The fourth-order valence-electron chi connectivity index (χ4n) is 6.17. The third-order valence-corrected chi connectivity index (χ3v) is 7.69. The number of aliphatic hydroxyl groups excluding tert-OH is 2. The Balaban J connectivity index is 1.74. The van der Waals surface area contributed by atoms with Gasteiger partial charge in [0.2, 0.25) is 5.78 Å². The van der Waals surface area contributed by atoms with Gasteiger partial charge in [-0.05, 0) is 62.0 Å². The van der Waals surface area contributed by atoms with Crippen LogP contribution in [0.25, 0.3) is 11.3 Å². The molecule has 0 radical (unpaired) electrons. The molecule has 35 heavy (non-hydrogen) atoms. The van der Waals surface area contributed by atoms with E-state index >= 15 is 0 Å². The Kier molecular flexibility index (Phi) is 5.05. The molecule has 0 aromatic heterocycles. The van der Waals surface area contributed by atoms with Gasteiger partial charge in [-0.1, -0.05) is 24.3 Å². The Labute approximate surface area is 201 Å². The van der Waals surface area contributed by atoms with Crippen molar-refractivity contribution >= 4 is 28.8 Å². The van der Waals surface area contributed by atoms with Crippen LogP contribution in [0.15, 0.2) is 47.3 Å². The van der Waals surface area contributed by atoms with E-state index < -0.39 is 58.0 Å². The number of nitrogens with two attached hydrogens (primary N) is 1. The maximum absolute atomic E-state index is 13.8. The molecule has 0 saturated heterocycles. The molecule has 0 spiro atoms. The van der Waals surface area contributed by atoms with E-state index in [1.54, 1.807) is 20.2 Å². The Morgan fingerprint density at radius 1 is 1.17 bits per heavy atom. The van der Waals surface area contributed by atoms with Gasteiger partial charge in [-0.2, -0.15) is 0 Å². The van der Waals surface area contributed by atoms with E-state index in [0.29, 0.717) is 5.56 Å². The first-order valence-electron chi connectivity index (χ1n) is 11.4. The van der Waals surface area contributed by atoms with Gasteiger partial charge >= 0.3 is 0 Å². The minimum atomic E-state index is -2.63. The van der Waals surface area contributed by atoms with Crippen molar-refractivity contribution in [3.05, 3.63) is 64.0 Å². The second kappa shape index (κ2) is 7.66. The van der Waals surface area contributed by atoms with Gasteiger partial charge in [-0.25, -0.2) is 0 Å². The minimum absolute atomic E-state index is 0.0652. The van der Waals surface area contributed by atoms with E-state index in [1.807, 2.05) is 18.2 Å². The highest BCUT2D eigenvalue weighted by Gasteiger charge is 2.64. The van der Waals surface area contributed by atoms with Crippen LogP contribution in [-0.4, -0.2) is 68.5 Å². The summed E-state index contributed by atoms with van der Waals surface area (Å²) < 4.78 is 0. The zero-order valence-corrected chi connectivity index (χ0v) is 19.3. The number of phenolic OH excluding ortho intramolecular Hbond substituents is 1. The van der Waals surface area contributed by atoms with Crippen LogP contribution in [0, 0.1) is 11.8 Å². The largest absolute Gasteiger partial charge is 0.508 e. The number of rotatable bonds is 3. The molecule has 4 aliphatic carbocycles. The monoisotopic (exact) mass is 478 g/mol. The summed E-state index contributed by atoms with van der Waals surface area (Å²) in [5.74, 6) is -6.52. The van der Waals surface area contributed by atoms with E-state index in [1.165, 1.54) is 11.0 Å². The van der Waals surface area contributed by atoms with E-state index in [-0.39, 0.29) is 29.7 Å². The van der Waals surface area contributed by atoms with Crippen molar-refractivity contribution in [2.75, 3.05) is 14.1 Å². The lowest BCUT2D eigenvalue weighted by atomic mass is 9.57. The maximum atomic E-state index is 13.8. The summed E-state index contributed by atoms with van der Waals surface area (Å²) in [6, 6.07) is 2.10. The van der Waals surface area contributed by atoms with Crippen LogP contribution in [0.2, 0.25) is 0 Å². The molecule has 4 aliphatic rings. The van der Waals surface area contributed by atoms with Crippen LogP contribution in [0.4, 0.5) is 0 Å². The summed E-state index contributed by atoms with van der Waals surface area (Å²) in [5.41, 5.74) is 4.23. The standard InChI is InChI=1S/C26H26N2O7/c1-28(2)20-15-10-12-9-14-13(11-5-3-4-6-11)7-8-16(29)18(14)21(30)17(12)23(32)26(15,35)24(33)19(22(20)31)25(27)34/h3,5-8,12,15,20,29-30,33,35H,4,9-10H2,1-2H3,(H2,27,34)/t12-,15-,20-,26-/m0/s1. The molecule has 1 fully saturated rings.